The van der Waals surface area contributed by atoms with Crippen molar-refractivity contribution in [2.45, 2.75) is 11.8 Å². The number of benzene rings is 1. The van der Waals surface area contributed by atoms with Crippen molar-refractivity contribution < 1.29 is 9.13 Å². The highest BCUT2D eigenvalue weighted by Gasteiger charge is 2.21. The molecule has 2 aromatic rings. The second-order valence-corrected chi connectivity index (χ2v) is 6.43. The molecule has 1 unspecified atom stereocenters. The van der Waals surface area contributed by atoms with Crippen LogP contribution < -0.4 is 4.74 Å². The first-order chi connectivity index (χ1) is 8.54. The zero-order valence-electron chi connectivity index (χ0n) is 9.84. The van der Waals surface area contributed by atoms with E-state index in [-0.39, 0.29) is 10.6 Å². The van der Waals surface area contributed by atoms with Crippen LogP contribution in [0.2, 0.25) is 4.34 Å². The van der Waals surface area contributed by atoms with Gasteiger partial charge in [-0.05, 0) is 30.7 Å². The number of ether oxygens (including phenoxy) is 1. The molecule has 1 aromatic heterocycles. The Morgan fingerprint density at radius 3 is 2.72 bits per heavy atom. The standard InChI is InChI=1S/C13H11BrClFOS/c1-7-6-10(18-13(7)15)12(14)11-8(16)4-3-5-9(11)17-2/h3-6,12H,1-2H3. The van der Waals surface area contributed by atoms with E-state index in [0.717, 1.165) is 14.8 Å². The van der Waals surface area contributed by atoms with E-state index >= 15 is 0 Å². The Hall–Kier alpha value is -0.580. The van der Waals surface area contributed by atoms with Crippen molar-refractivity contribution in [3.05, 3.63) is 50.4 Å². The lowest BCUT2D eigenvalue weighted by atomic mass is 10.1. The van der Waals surface area contributed by atoms with Crippen LogP contribution in [0.3, 0.4) is 0 Å². The number of hydrogen-bond acceptors (Lipinski definition) is 2. The first-order valence-electron chi connectivity index (χ1n) is 5.27. The molecule has 1 atom stereocenters. The normalized spacial score (nSPS) is 12.5. The van der Waals surface area contributed by atoms with Crippen molar-refractivity contribution >= 4 is 38.9 Å². The van der Waals surface area contributed by atoms with Crippen LogP contribution in [0, 0.1) is 12.7 Å². The third-order valence-corrected chi connectivity index (χ3v) is 5.49. The van der Waals surface area contributed by atoms with Gasteiger partial charge in [-0.1, -0.05) is 33.6 Å². The Balaban J connectivity index is 2.48. The summed E-state index contributed by atoms with van der Waals surface area (Å²) in [5, 5.41) is 0. The Bertz CT molecular complexity index is 551. The smallest absolute Gasteiger partial charge is 0.131 e. The van der Waals surface area contributed by atoms with E-state index in [1.807, 2.05) is 13.0 Å². The van der Waals surface area contributed by atoms with E-state index in [0.29, 0.717) is 11.3 Å². The van der Waals surface area contributed by atoms with Gasteiger partial charge in [-0.2, -0.15) is 0 Å². The number of methoxy groups -OCH3 is 1. The molecule has 0 saturated heterocycles. The zero-order chi connectivity index (χ0) is 13.3. The van der Waals surface area contributed by atoms with Gasteiger partial charge in [-0.25, -0.2) is 4.39 Å². The highest BCUT2D eigenvalue weighted by atomic mass is 79.9. The minimum absolute atomic E-state index is 0.259. The fourth-order valence-corrected chi connectivity index (χ4v) is 3.75. The molecular weight excluding hydrogens is 339 g/mol. The summed E-state index contributed by atoms with van der Waals surface area (Å²) in [6.07, 6.45) is 0. The first kappa shape index (κ1) is 13.8. The summed E-state index contributed by atoms with van der Waals surface area (Å²) in [6, 6.07) is 6.76. The van der Waals surface area contributed by atoms with E-state index in [1.165, 1.54) is 24.5 Å². The summed E-state index contributed by atoms with van der Waals surface area (Å²) in [4.78, 5) is 0.700. The van der Waals surface area contributed by atoms with E-state index in [2.05, 4.69) is 15.9 Å². The highest BCUT2D eigenvalue weighted by molar-refractivity contribution is 9.09. The molecule has 0 saturated carbocycles. The van der Waals surface area contributed by atoms with Crippen molar-refractivity contribution in [2.24, 2.45) is 0 Å². The molecule has 0 spiro atoms. The number of aryl methyl sites for hydroxylation is 1. The van der Waals surface area contributed by atoms with Crippen LogP contribution in [-0.4, -0.2) is 7.11 Å². The molecule has 18 heavy (non-hydrogen) atoms. The van der Waals surface area contributed by atoms with Gasteiger partial charge in [-0.15, -0.1) is 11.3 Å². The van der Waals surface area contributed by atoms with E-state index < -0.39 is 0 Å². The first-order valence-corrected chi connectivity index (χ1v) is 7.38. The van der Waals surface area contributed by atoms with Gasteiger partial charge < -0.3 is 4.74 Å². The van der Waals surface area contributed by atoms with Gasteiger partial charge in [0.25, 0.3) is 0 Å². The quantitative estimate of drug-likeness (QED) is 0.679. The van der Waals surface area contributed by atoms with Crippen molar-refractivity contribution in [3.8, 4) is 5.75 Å². The number of thiophene rings is 1. The molecule has 0 N–H and O–H groups in total. The Kier molecular flexibility index (Phi) is 4.30. The molecule has 0 bridgehead atoms. The molecule has 0 radical (unpaired) electrons. The molecule has 5 heteroatoms. The number of alkyl halides is 1. The molecule has 1 aromatic carbocycles. The monoisotopic (exact) mass is 348 g/mol. The van der Waals surface area contributed by atoms with Crippen LogP contribution in [-0.2, 0) is 0 Å². The van der Waals surface area contributed by atoms with Gasteiger partial charge in [0.1, 0.15) is 11.6 Å². The van der Waals surface area contributed by atoms with Gasteiger partial charge in [-0.3, -0.25) is 0 Å². The molecular formula is C13H11BrClFOS. The van der Waals surface area contributed by atoms with Crippen molar-refractivity contribution in [1.82, 2.24) is 0 Å². The van der Waals surface area contributed by atoms with Crippen molar-refractivity contribution in [3.63, 3.8) is 0 Å². The maximum atomic E-state index is 13.9. The molecule has 0 amide bonds. The van der Waals surface area contributed by atoms with Crippen LogP contribution in [0.1, 0.15) is 20.8 Å². The predicted octanol–water partition coefficient (Wildman–Crippen LogP) is 5.34. The SMILES string of the molecule is COc1cccc(F)c1C(Br)c1cc(C)c(Cl)s1. The second kappa shape index (κ2) is 5.59. The minimum atomic E-state index is -0.293. The van der Waals surface area contributed by atoms with Gasteiger partial charge in [0.05, 0.1) is 16.3 Å². The molecule has 1 heterocycles. The molecule has 96 valence electrons. The molecule has 2 rings (SSSR count). The molecule has 0 aliphatic heterocycles. The summed E-state index contributed by atoms with van der Waals surface area (Å²) in [6.45, 7) is 1.93. The van der Waals surface area contributed by atoms with Gasteiger partial charge in [0.2, 0.25) is 0 Å². The van der Waals surface area contributed by atoms with Crippen molar-refractivity contribution in [1.29, 1.82) is 0 Å². The molecule has 0 aliphatic carbocycles. The summed E-state index contributed by atoms with van der Waals surface area (Å²) in [7, 11) is 1.53. The number of halogens is 3. The van der Waals surface area contributed by atoms with Gasteiger partial charge >= 0.3 is 0 Å². The molecule has 0 fully saturated rings. The van der Waals surface area contributed by atoms with Gasteiger partial charge in [0, 0.05) is 10.4 Å². The van der Waals surface area contributed by atoms with Crippen LogP contribution >= 0.6 is 38.9 Å². The molecule has 0 aliphatic rings. The van der Waals surface area contributed by atoms with Crippen LogP contribution in [0.25, 0.3) is 0 Å². The Morgan fingerprint density at radius 2 is 2.17 bits per heavy atom. The number of hydrogen-bond donors (Lipinski definition) is 0. The van der Waals surface area contributed by atoms with Crippen molar-refractivity contribution in [2.75, 3.05) is 7.11 Å². The van der Waals surface area contributed by atoms with E-state index in [4.69, 9.17) is 16.3 Å². The largest absolute Gasteiger partial charge is 0.496 e. The predicted molar refractivity (Wildman–Crippen MR) is 77.8 cm³/mol. The number of rotatable bonds is 3. The summed E-state index contributed by atoms with van der Waals surface area (Å²) < 4.78 is 19.9. The van der Waals surface area contributed by atoms with E-state index in [1.54, 1.807) is 12.1 Å². The van der Waals surface area contributed by atoms with Crippen LogP contribution in [0.4, 0.5) is 4.39 Å². The summed E-state index contributed by atoms with van der Waals surface area (Å²) in [5.74, 6) is 0.234. The lowest BCUT2D eigenvalue weighted by Crippen LogP contribution is -1.99. The fraction of sp³-hybridized carbons (Fsp3) is 0.231. The average Bonchev–Trinajstić information content (AvgIpc) is 2.68. The second-order valence-electron chi connectivity index (χ2n) is 3.82. The maximum Gasteiger partial charge on any atom is 0.131 e. The highest BCUT2D eigenvalue weighted by Crippen LogP contribution is 2.42. The third-order valence-electron chi connectivity index (χ3n) is 2.61. The topological polar surface area (TPSA) is 9.23 Å². The Labute approximate surface area is 123 Å². The lowest BCUT2D eigenvalue weighted by molar-refractivity contribution is 0.405. The maximum absolute atomic E-state index is 13.9. The lowest BCUT2D eigenvalue weighted by Gasteiger charge is -2.13. The summed E-state index contributed by atoms with van der Waals surface area (Å²) in [5.41, 5.74) is 1.49. The van der Waals surface area contributed by atoms with Crippen LogP contribution in [0.5, 0.6) is 5.75 Å². The summed E-state index contributed by atoms with van der Waals surface area (Å²) >= 11 is 11.0. The fourth-order valence-electron chi connectivity index (χ4n) is 1.69. The average molecular weight is 350 g/mol. The minimum Gasteiger partial charge on any atom is -0.496 e. The zero-order valence-corrected chi connectivity index (χ0v) is 13.0. The van der Waals surface area contributed by atoms with E-state index in [9.17, 15) is 4.39 Å². The third kappa shape index (κ3) is 2.56. The molecule has 1 nitrogen and oxygen atoms in total. The van der Waals surface area contributed by atoms with Gasteiger partial charge in [0.15, 0.2) is 0 Å². The Morgan fingerprint density at radius 1 is 1.44 bits per heavy atom. The van der Waals surface area contributed by atoms with Crippen LogP contribution in [0.15, 0.2) is 24.3 Å².